The predicted octanol–water partition coefficient (Wildman–Crippen LogP) is 2.60. The Morgan fingerprint density at radius 2 is 2.28 bits per heavy atom. The molecule has 0 spiro atoms. The summed E-state index contributed by atoms with van der Waals surface area (Å²) in [7, 11) is 0. The third kappa shape index (κ3) is 1.83. The number of benzene rings is 1. The van der Waals surface area contributed by atoms with E-state index in [1.807, 2.05) is 10.7 Å². The number of aryl methyl sites for hydroxylation is 1. The zero-order chi connectivity index (χ0) is 12.7. The quantitative estimate of drug-likeness (QED) is 0.881. The number of hydrogen-bond donors (Lipinski definition) is 1. The lowest BCUT2D eigenvalue weighted by Crippen LogP contribution is -2.13. The van der Waals surface area contributed by atoms with Crippen LogP contribution in [0, 0.1) is 6.92 Å². The highest BCUT2D eigenvalue weighted by molar-refractivity contribution is 9.10. The Morgan fingerprint density at radius 3 is 3.11 bits per heavy atom. The van der Waals surface area contributed by atoms with Crippen molar-refractivity contribution in [3.05, 3.63) is 39.5 Å². The first-order chi connectivity index (χ1) is 8.66. The summed E-state index contributed by atoms with van der Waals surface area (Å²) < 4.78 is 8.43. The van der Waals surface area contributed by atoms with Crippen LogP contribution in [0.4, 0.5) is 5.82 Å². The molecule has 4 nitrogen and oxygen atoms in total. The van der Waals surface area contributed by atoms with Crippen LogP contribution in [0.5, 0.6) is 0 Å². The number of ether oxygens (including phenoxy) is 1. The number of rotatable bonds is 1. The maximum Gasteiger partial charge on any atom is 0.151 e. The van der Waals surface area contributed by atoms with Gasteiger partial charge in [0.25, 0.3) is 0 Å². The van der Waals surface area contributed by atoms with E-state index in [-0.39, 0.29) is 0 Å². The summed E-state index contributed by atoms with van der Waals surface area (Å²) in [5.41, 5.74) is 10.4. The normalized spacial score (nSPS) is 14.6. The van der Waals surface area contributed by atoms with Crippen molar-refractivity contribution in [2.24, 2.45) is 0 Å². The topological polar surface area (TPSA) is 53.1 Å². The van der Waals surface area contributed by atoms with Crippen LogP contribution in [0.15, 0.2) is 22.7 Å². The summed E-state index contributed by atoms with van der Waals surface area (Å²) >= 11 is 3.50. The molecule has 1 aromatic heterocycles. The molecular formula is C13H14BrN3O. The van der Waals surface area contributed by atoms with Crippen LogP contribution >= 0.6 is 15.9 Å². The molecule has 0 radical (unpaired) electrons. The van der Waals surface area contributed by atoms with Gasteiger partial charge in [-0.05, 0) is 24.6 Å². The van der Waals surface area contributed by atoms with E-state index < -0.39 is 0 Å². The average Bonchev–Trinajstić information content (AvgIpc) is 2.71. The highest BCUT2D eigenvalue weighted by Gasteiger charge is 2.21. The number of hydrogen-bond acceptors (Lipinski definition) is 3. The second kappa shape index (κ2) is 4.40. The molecule has 1 aliphatic rings. The zero-order valence-electron chi connectivity index (χ0n) is 10.1. The van der Waals surface area contributed by atoms with Gasteiger partial charge in [0.05, 0.1) is 24.6 Å². The molecule has 2 N–H and O–H groups in total. The fourth-order valence-corrected chi connectivity index (χ4v) is 2.62. The number of nitrogen functional groups attached to an aromatic ring is 1. The summed E-state index contributed by atoms with van der Waals surface area (Å²) in [5, 5.41) is 4.46. The Hall–Kier alpha value is -1.33. The van der Waals surface area contributed by atoms with Gasteiger partial charge in [0, 0.05) is 16.5 Å². The molecule has 0 aliphatic carbocycles. The molecule has 5 heteroatoms. The molecule has 1 aliphatic heterocycles. The average molecular weight is 308 g/mol. The van der Waals surface area contributed by atoms with E-state index in [4.69, 9.17) is 10.5 Å². The van der Waals surface area contributed by atoms with Crippen LogP contribution in [0.2, 0.25) is 0 Å². The van der Waals surface area contributed by atoms with Crippen LogP contribution < -0.4 is 5.73 Å². The second-order valence-corrected chi connectivity index (χ2v) is 5.37. The number of aromatic nitrogens is 2. The van der Waals surface area contributed by atoms with E-state index in [2.05, 4.69) is 40.1 Å². The summed E-state index contributed by atoms with van der Waals surface area (Å²) in [5.74, 6) is 0.573. The van der Waals surface area contributed by atoms with Crippen LogP contribution in [-0.2, 0) is 17.8 Å². The molecule has 2 heterocycles. The zero-order valence-corrected chi connectivity index (χ0v) is 11.7. The number of nitrogens with zero attached hydrogens (tertiary/aromatic N) is 2. The molecule has 18 heavy (non-hydrogen) atoms. The van der Waals surface area contributed by atoms with Crippen molar-refractivity contribution < 1.29 is 4.74 Å². The summed E-state index contributed by atoms with van der Waals surface area (Å²) in [6.45, 7) is 3.37. The van der Waals surface area contributed by atoms with E-state index in [9.17, 15) is 0 Å². The minimum absolute atomic E-state index is 0.564. The summed E-state index contributed by atoms with van der Waals surface area (Å²) in [6.07, 6.45) is 0.853. The highest BCUT2D eigenvalue weighted by Crippen LogP contribution is 2.28. The number of anilines is 1. The standard InChI is InChI=1S/C13H14BrN3O/c1-8-2-3-9(14)6-12(8)17-11-4-5-18-7-10(11)13(15)16-17/h2-3,6H,4-5,7H2,1H3,(H2,15,16). The molecule has 0 atom stereocenters. The largest absolute Gasteiger partial charge is 0.382 e. The van der Waals surface area contributed by atoms with Gasteiger partial charge < -0.3 is 10.5 Å². The van der Waals surface area contributed by atoms with Crippen molar-refractivity contribution in [1.82, 2.24) is 9.78 Å². The lowest BCUT2D eigenvalue weighted by molar-refractivity contribution is 0.110. The van der Waals surface area contributed by atoms with Gasteiger partial charge in [-0.1, -0.05) is 22.0 Å². The summed E-state index contributed by atoms with van der Waals surface area (Å²) in [4.78, 5) is 0. The molecule has 2 aromatic rings. The Labute approximate surface area is 114 Å². The Kier molecular flexibility index (Phi) is 2.87. The van der Waals surface area contributed by atoms with Gasteiger partial charge in [0.15, 0.2) is 5.82 Å². The van der Waals surface area contributed by atoms with Crippen molar-refractivity contribution in [2.75, 3.05) is 12.3 Å². The molecule has 3 rings (SSSR count). The molecule has 0 unspecified atom stereocenters. The number of nitrogens with two attached hydrogens (primary N) is 1. The lowest BCUT2D eigenvalue weighted by atomic mass is 10.1. The smallest absolute Gasteiger partial charge is 0.151 e. The number of fused-ring (bicyclic) bond motifs is 1. The highest BCUT2D eigenvalue weighted by atomic mass is 79.9. The van der Waals surface area contributed by atoms with Crippen LogP contribution in [0.3, 0.4) is 0 Å². The Bertz CT molecular complexity index is 607. The second-order valence-electron chi connectivity index (χ2n) is 4.46. The van der Waals surface area contributed by atoms with Crippen LogP contribution in [-0.4, -0.2) is 16.4 Å². The first-order valence-corrected chi connectivity index (χ1v) is 6.66. The van der Waals surface area contributed by atoms with Crippen LogP contribution in [0.25, 0.3) is 5.69 Å². The third-order valence-electron chi connectivity index (χ3n) is 3.25. The van der Waals surface area contributed by atoms with E-state index in [0.29, 0.717) is 12.4 Å². The van der Waals surface area contributed by atoms with Gasteiger partial charge >= 0.3 is 0 Å². The molecular weight excluding hydrogens is 294 g/mol. The van der Waals surface area contributed by atoms with Crippen molar-refractivity contribution in [1.29, 1.82) is 0 Å². The minimum Gasteiger partial charge on any atom is -0.382 e. The Morgan fingerprint density at radius 1 is 1.44 bits per heavy atom. The van der Waals surface area contributed by atoms with Gasteiger partial charge in [0.1, 0.15) is 0 Å². The number of halogens is 1. The lowest BCUT2D eigenvalue weighted by Gasteiger charge is -2.15. The molecule has 0 saturated carbocycles. The molecule has 0 fully saturated rings. The van der Waals surface area contributed by atoms with Gasteiger partial charge in [-0.3, -0.25) is 0 Å². The predicted molar refractivity (Wildman–Crippen MR) is 73.8 cm³/mol. The van der Waals surface area contributed by atoms with Gasteiger partial charge in [-0.25, -0.2) is 4.68 Å². The summed E-state index contributed by atoms with van der Waals surface area (Å²) in [6, 6.07) is 6.17. The van der Waals surface area contributed by atoms with E-state index in [1.165, 1.54) is 11.3 Å². The maximum absolute atomic E-state index is 5.96. The van der Waals surface area contributed by atoms with Crippen LogP contribution in [0.1, 0.15) is 16.8 Å². The molecule has 1 aromatic carbocycles. The van der Waals surface area contributed by atoms with Gasteiger partial charge in [-0.15, -0.1) is 0 Å². The molecule has 0 saturated heterocycles. The fourth-order valence-electron chi connectivity index (χ4n) is 2.27. The molecule has 94 valence electrons. The molecule has 0 bridgehead atoms. The monoisotopic (exact) mass is 307 g/mol. The maximum atomic E-state index is 5.96. The Balaban J connectivity index is 2.20. The van der Waals surface area contributed by atoms with Gasteiger partial charge in [0.2, 0.25) is 0 Å². The van der Waals surface area contributed by atoms with Crippen molar-refractivity contribution in [3.8, 4) is 5.69 Å². The molecule has 0 amide bonds. The fraction of sp³-hybridized carbons (Fsp3) is 0.308. The minimum atomic E-state index is 0.564. The SMILES string of the molecule is Cc1ccc(Br)cc1-n1nc(N)c2c1CCOC2. The first-order valence-electron chi connectivity index (χ1n) is 5.87. The van der Waals surface area contributed by atoms with Crippen molar-refractivity contribution >= 4 is 21.7 Å². The third-order valence-corrected chi connectivity index (χ3v) is 3.74. The van der Waals surface area contributed by atoms with E-state index in [1.54, 1.807) is 0 Å². The first kappa shape index (κ1) is 11.7. The van der Waals surface area contributed by atoms with Gasteiger partial charge in [-0.2, -0.15) is 5.10 Å². The van der Waals surface area contributed by atoms with E-state index >= 15 is 0 Å². The van der Waals surface area contributed by atoms with Crippen molar-refractivity contribution in [3.63, 3.8) is 0 Å². The van der Waals surface area contributed by atoms with E-state index in [0.717, 1.165) is 28.8 Å². The van der Waals surface area contributed by atoms with Crippen molar-refractivity contribution in [2.45, 2.75) is 20.0 Å².